The third-order valence-corrected chi connectivity index (χ3v) is 5.20. The lowest BCUT2D eigenvalue weighted by Crippen LogP contribution is -2.21. The topological polar surface area (TPSA) is 99.4 Å². The Labute approximate surface area is 148 Å². The van der Waals surface area contributed by atoms with E-state index in [0.717, 1.165) is 29.7 Å². The maximum Gasteiger partial charge on any atom is 0.338 e. The monoisotopic (exact) mass is 356 g/mol. The first kappa shape index (κ1) is 17.1. The number of carbonyl (C=O) groups is 2. The van der Waals surface area contributed by atoms with E-state index in [4.69, 9.17) is 9.84 Å². The summed E-state index contributed by atoms with van der Waals surface area (Å²) in [6.45, 7) is -0.530. The number of thiophene rings is 1. The Hall–Kier alpha value is -2.69. The molecule has 0 radical (unpaired) electrons. The summed E-state index contributed by atoms with van der Waals surface area (Å²) in [7, 11) is 0. The fourth-order valence-corrected chi connectivity index (χ4v) is 3.99. The Bertz CT molecular complexity index is 849. The zero-order chi connectivity index (χ0) is 17.8. The summed E-state index contributed by atoms with van der Waals surface area (Å²) in [6, 6.07) is 8.44. The van der Waals surface area contributed by atoms with Crippen LogP contribution in [0.4, 0.5) is 5.00 Å². The summed E-state index contributed by atoms with van der Waals surface area (Å²) in [6.07, 6.45) is 2.84. The van der Waals surface area contributed by atoms with Crippen LogP contribution < -0.4 is 5.32 Å². The third-order valence-electron chi connectivity index (χ3n) is 3.99. The Kier molecular flexibility index (Phi) is 5.12. The molecule has 0 saturated carbocycles. The zero-order valence-corrected chi connectivity index (χ0v) is 14.2. The van der Waals surface area contributed by atoms with E-state index < -0.39 is 18.5 Å². The number of aliphatic hydroxyl groups excluding tert-OH is 1. The number of fused-ring (bicyclic) bond motifs is 1. The minimum absolute atomic E-state index is 0.107. The van der Waals surface area contributed by atoms with Crippen molar-refractivity contribution in [1.82, 2.24) is 0 Å². The number of ether oxygens (including phenoxy) is 1. The van der Waals surface area contributed by atoms with Gasteiger partial charge in [-0.25, -0.2) is 4.79 Å². The van der Waals surface area contributed by atoms with Crippen LogP contribution in [0.1, 0.15) is 38.3 Å². The first-order chi connectivity index (χ1) is 12.1. The maximum absolute atomic E-state index is 12.0. The molecule has 0 saturated heterocycles. The number of aliphatic hydroxyl groups is 1. The number of hydrogen-bond donors (Lipinski definition) is 2. The molecule has 2 aromatic rings. The van der Waals surface area contributed by atoms with Gasteiger partial charge in [0, 0.05) is 4.88 Å². The quantitative estimate of drug-likeness (QED) is 0.802. The van der Waals surface area contributed by atoms with Crippen molar-refractivity contribution in [2.24, 2.45) is 0 Å². The first-order valence-electron chi connectivity index (χ1n) is 7.83. The molecule has 1 aromatic heterocycles. The molecule has 1 aromatic carbocycles. The smallest absolute Gasteiger partial charge is 0.338 e. The number of amides is 1. The first-order valence-corrected chi connectivity index (χ1v) is 8.65. The van der Waals surface area contributed by atoms with Gasteiger partial charge in [0.05, 0.1) is 17.7 Å². The summed E-state index contributed by atoms with van der Waals surface area (Å²) in [5, 5.41) is 21.5. The Morgan fingerprint density at radius 3 is 2.72 bits per heavy atom. The van der Waals surface area contributed by atoms with E-state index in [1.807, 2.05) is 0 Å². The van der Waals surface area contributed by atoms with Gasteiger partial charge in [-0.1, -0.05) is 12.1 Å². The second-order valence-corrected chi connectivity index (χ2v) is 6.76. The predicted molar refractivity (Wildman–Crippen MR) is 92.3 cm³/mol. The summed E-state index contributed by atoms with van der Waals surface area (Å²) < 4.78 is 4.99. The molecule has 0 unspecified atom stereocenters. The van der Waals surface area contributed by atoms with Gasteiger partial charge in [0.15, 0.2) is 6.61 Å². The molecule has 3 rings (SSSR count). The van der Waals surface area contributed by atoms with Crippen LogP contribution >= 0.6 is 11.3 Å². The molecule has 1 aliphatic carbocycles. The van der Waals surface area contributed by atoms with Crippen molar-refractivity contribution in [3.63, 3.8) is 0 Å². The molecule has 0 bridgehead atoms. The van der Waals surface area contributed by atoms with Crippen molar-refractivity contribution in [3.05, 3.63) is 51.4 Å². The van der Waals surface area contributed by atoms with Gasteiger partial charge in [-0.05, 0) is 42.5 Å². The Morgan fingerprint density at radius 2 is 2.04 bits per heavy atom. The van der Waals surface area contributed by atoms with Crippen molar-refractivity contribution >= 4 is 28.2 Å². The molecule has 0 spiro atoms. The van der Waals surface area contributed by atoms with Gasteiger partial charge < -0.3 is 15.2 Å². The molecule has 128 valence electrons. The van der Waals surface area contributed by atoms with Crippen LogP contribution in [0.25, 0.3) is 0 Å². The minimum Gasteiger partial charge on any atom is -0.452 e. The van der Waals surface area contributed by atoms with Gasteiger partial charge in [-0.3, -0.25) is 4.79 Å². The maximum atomic E-state index is 12.0. The average Bonchev–Trinajstić information content (AvgIpc) is 3.20. The van der Waals surface area contributed by atoms with Crippen molar-refractivity contribution < 1.29 is 19.4 Å². The van der Waals surface area contributed by atoms with E-state index in [9.17, 15) is 14.9 Å². The molecular weight excluding hydrogens is 340 g/mol. The van der Waals surface area contributed by atoms with Crippen LogP contribution in [0.2, 0.25) is 0 Å². The molecule has 1 amide bonds. The van der Waals surface area contributed by atoms with Crippen molar-refractivity contribution in [1.29, 1.82) is 5.26 Å². The van der Waals surface area contributed by atoms with Crippen LogP contribution in [-0.2, 0) is 29.0 Å². The lowest BCUT2D eigenvalue weighted by Gasteiger charge is -2.06. The highest BCUT2D eigenvalue weighted by Gasteiger charge is 2.23. The summed E-state index contributed by atoms with van der Waals surface area (Å²) >= 11 is 1.42. The van der Waals surface area contributed by atoms with Crippen LogP contribution in [-0.4, -0.2) is 23.6 Å². The molecule has 25 heavy (non-hydrogen) atoms. The molecule has 0 aliphatic heterocycles. The Morgan fingerprint density at radius 1 is 1.28 bits per heavy atom. The number of anilines is 1. The summed E-state index contributed by atoms with van der Waals surface area (Å²) in [5.74, 6) is -1.09. The molecular formula is C18H16N2O4S. The number of rotatable bonds is 5. The van der Waals surface area contributed by atoms with Crippen molar-refractivity contribution in [2.75, 3.05) is 11.9 Å². The predicted octanol–water partition coefficient (Wildman–Crippen LogP) is 2.40. The summed E-state index contributed by atoms with van der Waals surface area (Å²) in [5.41, 5.74) is 2.54. The number of nitriles is 1. The number of benzene rings is 1. The number of nitrogens with one attached hydrogen (secondary N) is 1. The second kappa shape index (κ2) is 7.47. The fourth-order valence-electron chi connectivity index (χ4n) is 2.73. The van der Waals surface area contributed by atoms with Crippen molar-refractivity contribution in [3.8, 4) is 6.07 Å². The van der Waals surface area contributed by atoms with Crippen molar-refractivity contribution in [2.45, 2.75) is 25.9 Å². The van der Waals surface area contributed by atoms with E-state index in [-0.39, 0.29) is 6.61 Å². The van der Waals surface area contributed by atoms with Crippen LogP contribution in [0.15, 0.2) is 24.3 Å². The number of aryl methyl sites for hydroxylation is 1. The van der Waals surface area contributed by atoms with Gasteiger partial charge in [0.25, 0.3) is 5.91 Å². The molecule has 6 nitrogen and oxygen atoms in total. The normalized spacial score (nSPS) is 12.3. The highest BCUT2D eigenvalue weighted by atomic mass is 32.1. The minimum atomic E-state index is -0.617. The molecule has 0 atom stereocenters. The van der Waals surface area contributed by atoms with E-state index in [1.54, 1.807) is 12.1 Å². The van der Waals surface area contributed by atoms with E-state index in [0.29, 0.717) is 21.7 Å². The van der Waals surface area contributed by atoms with E-state index in [2.05, 4.69) is 11.4 Å². The highest BCUT2D eigenvalue weighted by molar-refractivity contribution is 7.16. The van der Waals surface area contributed by atoms with Gasteiger partial charge in [-0.2, -0.15) is 5.26 Å². The van der Waals surface area contributed by atoms with Gasteiger partial charge >= 0.3 is 5.97 Å². The SMILES string of the molecule is N#Cc1c(NC(=O)COC(=O)c2ccc(CO)cc2)sc2c1CCC2. The Balaban J connectivity index is 1.58. The third kappa shape index (κ3) is 3.71. The summed E-state index contributed by atoms with van der Waals surface area (Å²) in [4.78, 5) is 25.1. The van der Waals surface area contributed by atoms with Crippen LogP contribution in [0.5, 0.6) is 0 Å². The van der Waals surface area contributed by atoms with Gasteiger partial charge in [-0.15, -0.1) is 11.3 Å². The average molecular weight is 356 g/mol. The molecule has 1 aliphatic rings. The lowest BCUT2D eigenvalue weighted by atomic mass is 10.1. The lowest BCUT2D eigenvalue weighted by molar-refractivity contribution is -0.119. The standard InChI is InChI=1S/C18H16N2O4S/c19-8-14-13-2-1-3-15(13)25-17(14)20-16(22)10-24-18(23)12-6-4-11(9-21)5-7-12/h4-7,21H,1-3,9-10H2,(H,20,22). The molecule has 0 fully saturated rings. The number of esters is 1. The number of hydrogen-bond acceptors (Lipinski definition) is 6. The van der Waals surface area contributed by atoms with E-state index >= 15 is 0 Å². The number of carbonyl (C=O) groups excluding carboxylic acids is 2. The van der Waals surface area contributed by atoms with Gasteiger partial charge in [0.1, 0.15) is 11.1 Å². The fraction of sp³-hybridized carbons (Fsp3) is 0.278. The zero-order valence-electron chi connectivity index (χ0n) is 13.4. The van der Waals surface area contributed by atoms with Gasteiger partial charge in [0.2, 0.25) is 0 Å². The van der Waals surface area contributed by atoms with E-state index in [1.165, 1.54) is 23.5 Å². The molecule has 1 heterocycles. The van der Waals surface area contributed by atoms with Crippen LogP contribution in [0, 0.1) is 11.3 Å². The second-order valence-electron chi connectivity index (χ2n) is 5.65. The molecule has 7 heteroatoms. The highest BCUT2D eigenvalue weighted by Crippen LogP contribution is 2.38. The number of nitrogens with zero attached hydrogens (tertiary/aromatic N) is 1. The molecule has 2 N–H and O–H groups in total. The van der Waals surface area contributed by atoms with Crippen LogP contribution in [0.3, 0.4) is 0 Å². The largest absolute Gasteiger partial charge is 0.452 e.